The number of aromatic nitrogens is 5. The maximum atomic E-state index is 11.5. The Morgan fingerprint density at radius 3 is 1.05 bits per heavy atom. The van der Waals surface area contributed by atoms with Crippen molar-refractivity contribution in [3.8, 4) is 17.6 Å². The number of ether oxygens (including phenoxy) is 3. The molecule has 0 saturated carbocycles. The van der Waals surface area contributed by atoms with E-state index in [0.29, 0.717) is 41.3 Å². The summed E-state index contributed by atoms with van der Waals surface area (Å²) in [5, 5.41) is 0. The van der Waals surface area contributed by atoms with E-state index in [1.807, 2.05) is 50.2 Å². The van der Waals surface area contributed by atoms with Crippen LogP contribution in [0.4, 0.5) is 0 Å². The highest BCUT2D eigenvalue weighted by Crippen LogP contribution is 2.55. The molecule has 10 atom stereocenters. The fourth-order valence-electron chi connectivity index (χ4n) is 17.9. The van der Waals surface area contributed by atoms with Crippen LogP contribution in [-0.4, -0.2) is 46.2 Å². The van der Waals surface area contributed by atoms with Gasteiger partial charge in [0.15, 0.2) is 0 Å². The van der Waals surface area contributed by atoms with Crippen molar-refractivity contribution in [2.75, 3.05) is 21.3 Å². The van der Waals surface area contributed by atoms with Crippen LogP contribution in [0.2, 0.25) is 0 Å². The molecule has 15 nitrogen and oxygen atoms in total. The zero-order valence-electron chi connectivity index (χ0n) is 56.6. The Bertz CT molecular complexity index is 3900. The lowest BCUT2D eigenvalue weighted by Gasteiger charge is -2.52. The highest BCUT2D eigenvalue weighted by Gasteiger charge is 2.47. The number of nitrogens with zero attached hydrogens (tertiary/aromatic N) is 3. The molecule has 0 spiro atoms. The van der Waals surface area contributed by atoms with E-state index >= 15 is 0 Å². The zero-order chi connectivity index (χ0) is 66.7. The first-order valence-electron chi connectivity index (χ1n) is 33.0. The van der Waals surface area contributed by atoms with Crippen LogP contribution >= 0.6 is 0 Å². The summed E-state index contributed by atoms with van der Waals surface area (Å²) in [5.74, 6) is 3.68. The van der Waals surface area contributed by atoms with Crippen molar-refractivity contribution in [3.63, 3.8) is 0 Å². The van der Waals surface area contributed by atoms with Crippen LogP contribution in [0.3, 0.4) is 0 Å². The topological polar surface area (TPSA) is 258 Å². The monoisotopic (exact) mass is 1250 g/mol. The molecule has 0 radical (unpaired) electrons. The van der Waals surface area contributed by atoms with Gasteiger partial charge in [0.2, 0.25) is 28.8 Å². The summed E-state index contributed by atoms with van der Waals surface area (Å²) in [6, 6.07) is 18.7. The first-order valence-corrected chi connectivity index (χ1v) is 33.0. The van der Waals surface area contributed by atoms with E-state index in [1.165, 1.54) is 61.8 Å². The SMILES string of the molecule is C/C=C1\C2C=C(C)CC1(N)c1ccc(OC)nc1C2.C/C=C1\C2C=C(C)C[C@@]1(N)c1ccc(=O)[nH]c1C2.C/C=C1\C2C=C(C)C[C@@]1(N)c1ccc(OC)nc1C2.C/C=C1\C2C=C(C)C[C@]1([NH-])c1ccc(=O)[nH]c1C2.C/C=C1\C2C=C(C)C[C@]1([NH-])c1ccc(OC)nc1C2. The van der Waals surface area contributed by atoms with Gasteiger partial charge in [0.1, 0.15) is 0 Å². The molecule has 0 amide bonds. The Morgan fingerprint density at radius 2 is 0.677 bits per heavy atom. The van der Waals surface area contributed by atoms with E-state index in [2.05, 4.69) is 153 Å². The number of nitrogens with two attached hydrogens (primary N) is 3. The van der Waals surface area contributed by atoms with Crippen LogP contribution in [-0.2, 0) is 59.8 Å². The predicted octanol–water partition coefficient (Wildman–Crippen LogP) is 14.3. The minimum Gasteiger partial charge on any atom is -0.664 e. The molecule has 10 aliphatic carbocycles. The number of pyridine rings is 5. The van der Waals surface area contributed by atoms with E-state index in [0.717, 1.165) is 120 Å². The van der Waals surface area contributed by atoms with Crippen molar-refractivity contribution in [1.29, 1.82) is 0 Å². The highest BCUT2D eigenvalue weighted by molar-refractivity contribution is 5.56. The second-order valence-electron chi connectivity index (χ2n) is 27.4. The molecular weight excluding hydrogens is 1160 g/mol. The Hall–Kier alpha value is -8.05. The van der Waals surface area contributed by atoms with Crippen LogP contribution in [0.1, 0.15) is 158 Å². The maximum Gasteiger partial charge on any atom is 0.248 e. The summed E-state index contributed by atoms with van der Waals surface area (Å²) in [6.45, 7) is 21.0. The number of allylic oxidation sites excluding steroid dienone is 10. The standard InChI is InChI=1S/2C16H20N2O.C16H19N2O.C15H18N2O.C15H17N2O/c3*1-4-12-11-7-10(2)9-16(12,17)13-5-6-15(19-3)18-14(13)8-11;2*1-3-11-10-6-9(2)8-15(11,16)12-4-5-14(18)17-13(12)7-10/h2*4-7,11H,8-9,17H2,1-3H3;4-7,11,17H,8-9H2,1-3H3;3-6,10H,7-8,16H2,1-2H3,(H,17,18);3-6,10,16H,7-8H2,1-2H3,(H,17,18)/q;;-1;;-1/b3*12-4+;2*11-3+/t11?,16-;;11?,16-;2*10?,15-/m0.101/s1. The summed E-state index contributed by atoms with van der Waals surface area (Å²) in [7, 11) is 4.94. The molecule has 10 N–H and O–H groups in total. The van der Waals surface area contributed by atoms with Crippen LogP contribution in [0.15, 0.2) is 187 Å². The first kappa shape index (κ1) is 66.4. The minimum absolute atomic E-state index is 0.0416. The third kappa shape index (κ3) is 11.9. The Morgan fingerprint density at radius 1 is 0.398 bits per heavy atom. The number of H-pyrrole nitrogens is 2. The lowest BCUT2D eigenvalue weighted by atomic mass is 9.63. The number of rotatable bonds is 3. The normalized spacial score (nSPS) is 31.3. The maximum absolute atomic E-state index is 11.5. The number of hydrogen-bond acceptors (Lipinski definition) is 11. The van der Waals surface area contributed by atoms with Gasteiger partial charge in [-0.2, -0.15) is 0 Å². The number of hydrogen-bond donors (Lipinski definition) is 5. The van der Waals surface area contributed by atoms with E-state index in [4.69, 9.17) is 42.9 Å². The van der Waals surface area contributed by atoms with Gasteiger partial charge in [0, 0.05) is 96.3 Å². The van der Waals surface area contributed by atoms with E-state index in [1.54, 1.807) is 27.4 Å². The van der Waals surface area contributed by atoms with Gasteiger partial charge in [-0.3, -0.25) is 9.59 Å². The second kappa shape index (κ2) is 25.7. The summed E-state index contributed by atoms with van der Waals surface area (Å²) < 4.78 is 15.7. The van der Waals surface area contributed by atoms with Gasteiger partial charge in [0.05, 0.1) is 49.3 Å². The Balaban J connectivity index is 0.000000119. The summed E-state index contributed by atoms with van der Waals surface area (Å²) >= 11 is 0. The largest absolute Gasteiger partial charge is 0.664 e. The molecule has 15 heteroatoms. The average Bonchev–Trinajstić information content (AvgIpc) is 0.774. The molecule has 0 saturated heterocycles. The first-order chi connectivity index (χ1) is 44.3. The quantitative estimate of drug-likeness (QED) is 0.106. The van der Waals surface area contributed by atoms with Crippen molar-refractivity contribution in [3.05, 3.63) is 266 Å². The summed E-state index contributed by atoms with van der Waals surface area (Å²) in [5.41, 5.74) is 58.9. The number of aromatic amines is 2. The van der Waals surface area contributed by atoms with Gasteiger partial charge < -0.3 is 52.8 Å². The van der Waals surface area contributed by atoms with Gasteiger partial charge in [0.25, 0.3) is 0 Å². The molecule has 10 bridgehead atoms. The lowest BCUT2D eigenvalue weighted by molar-refractivity contribution is 0.379. The molecule has 5 heterocycles. The molecule has 5 aromatic heterocycles. The second-order valence-corrected chi connectivity index (χ2v) is 27.4. The fourth-order valence-corrected chi connectivity index (χ4v) is 17.9. The molecule has 6 unspecified atom stereocenters. The Kier molecular flexibility index (Phi) is 18.3. The van der Waals surface area contributed by atoms with Crippen LogP contribution in [0.25, 0.3) is 11.5 Å². The van der Waals surface area contributed by atoms with Gasteiger partial charge >= 0.3 is 0 Å². The lowest BCUT2D eigenvalue weighted by Crippen LogP contribution is -2.48. The number of methoxy groups -OCH3 is 3. The molecule has 488 valence electrons. The number of fused-ring (bicyclic) bond motifs is 20. The van der Waals surface area contributed by atoms with E-state index < -0.39 is 16.6 Å². The molecule has 0 aromatic carbocycles. The molecule has 5 aromatic rings. The Labute approximate surface area is 549 Å². The van der Waals surface area contributed by atoms with Gasteiger partial charge in [-0.25, -0.2) is 15.0 Å². The van der Waals surface area contributed by atoms with Crippen LogP contribution in [0, 0.1) is 29.6 Å². The van der Waals surface area contributed by atoms with E-state index in [-0.39, 0.29) is 28.1 Å². The van der Waals surface area contributed by atoms with Crippen molar-refractivity contribution < 1.29 is 14.2 Å². The van der Waals surface area contributed by atoms with Crippen molar-refractivity contribution in [1.82, 2.24) is 24.9 Å². The highest BCUT2D eigenvalue weighted by atomic mass is 16.5. The average molecular weight is 1250 g/mol. The van der Waals surface area contributed by atoms with Crippen LogP contribution < -0.4 is 42.5 Å². The molecule has 15 rings (SSSR count). The summed E-state index contributed by atoms with van der Waals surface area (Å²) in [4.78, 5) is 42.5. The molecule has 0 aliphatic heterocycles. The third-order valence-corrected chi connectivity index (χ3v) is 21.2. The molecule has 93 heavy (non-hydrogen) atoms. The third-order valence-electron chi connectivity index (χ3n) is 21.2. The zero-order valence-corrected chi connectivity index (χ0v) is 56.6. The van der Waals surface area contributed by atoms with Gasteiger partial charge in [-0.1, -0.05) is 123 Å². The van der Waals surface area contributed by atoms with Crippen molar-refractivity contribution >= 4 is 0 Å². The van der Waals surface area contributed by atoms with Gasteiger partial charge in [-0.15, -0.1) is 0 Å². The summed E-state index contributed by atoms with van der Waals surface area (Å²) in [6.07, 6.45) is 30.7. The minimum atomic E-state index is -0.684. The van der Waals surface area contributed by atoms with E-state index in [9.17, 15) is 9.59 Å². The van der Waals surface area contributed by atoms with Crippen molar-refractivity contribution in [2.24, 2.45) is 46.8 Å². The molecule has 10 aliphatic rings. The predicted molar refractivity (Wildman–Crippen MR) is 373 cm³/mol. The van der Waals surface area contributed by atoms with Crippen molar-refractivity contribution in [2.45, 2.75) is 161 Å². The fraction of sp³-hybridized carbons (Fsp3) is 0.423. The number of nitrogens with one attached hydrogen (secondary N) is 4. The van der Waals surface area contributed by atoms with Crippen LogP contribution in [0.5, 0.6) is 17.6 Å². The molecular formula is C78H94N10O5-2. The molecule has 0 fully saturated rings. The smallest absolute Gasteiger partial charge is 0.248 e. The van der Waals surface area contributed by atoms with Gasteiger partial charge in [-0.05, 0) is 177 Å².